The summed E-state index contributed by atoms with van der Waals surface area (Å²) in [6, 6.07) is 6.01. The van der Waals surface area contributed by atoms with E-state index in [-0.39, 0.29) is 5.92 Å². The third-order valence-corrected chi connectivity index (χ3v) is 3.72. The zero-order valence-electron chi connectivity index (χ0n) is 10.7. The van der Waals surface area contributed by atoms with Gasteiger partial charge in [0.15, 0.2) is 0 Å². The molecule has 0 spiro atoms. The zero-order chi connectivity index (χ0) is 12.7. The van der Waals surface area contributed by atoms with Crippen LogP contribution in [0.15, 0.2) is 24.4 Å². The number of hydrogen-bond acceptors (Lipinski definition) is 3. The van der Waals surface area contributed by atoms with Gasteiger partial charge < -0.3 is 5.11 Å². The molecule has 2 aromatic heterocycles. The first-order chi connectivity index (χ1) is 8.66. The van der Waals surface area contributed by atoms with E-state index in [0.29, 0.717) is 0 Å². The van der Waals surface area contributed by atoms with Crippen molar-refractivity contribution in [1.29, 1.82) is 0 Å². The molecule has 2 aromatic rings. The maximum Gasteiger partial charge on any atom is 0.104 e. The van der Waals surface area contributed by atoms with Crippen molar-refractivity contribution in [2.45, 2.75) is 31.8 Å². The first kappa shape index (κ1) is 11.4. The summed E-state index contributed by atoms with van der Waals surface area (Å²) in [6.45, 7) is 1.94. The Balaban J connectivity index is 1.95. The van der Waals surface area contributed by atoms with Crippen LogP contribution in [0.5, 0.6) is 0 Å². The van der Waals surface area contributed by atoms with Crippen LogP contribution in [0.4, 0.5) is 0 Å². The minimum atomic E-state index is -0.521. The molecule has 2 heterocycles. The quantitative estimate of drug-likeness (QED) is 0.876. The molecule has 1 N–H and O–H groups in total. The number of nitrogens with zero attached hydrogens (tertiary/aromatic N) is 3. The van der Waals surface area contributed by atoms with Crippen LogP contribution in [0, 0.1) is 6.92 Å². The number of fused-ring (bicyclic) bond motifs is 1. The molecule has 0 saturated heterocycles. The predicted octanol–water partition coefficient (Wildman–Crippen LogP) is 1.89. The highest BCUT2D eigenvalue weighted by molar-refractivity contribution is 5.31. The lowest BCUT2D eigenvalue weighted by Gasteiger charge is -2.18. The lowest BCUT2D eigenvalue weighted by molar-refractivity contribution is 0.134. The molecular weight excluding hydrogens is 226 g/mol. The van der Waals surface area contributed by atoms with E-state index >= 15 is 0 Å². The highest BCUT2D eigenvalue weighted by Crippen LogP contribution is 2.40. The molecule has 4 heteroatoms. The molecule has 0 bridgehead atoms. The van der Waals surface area contributed by atoms with Crippen molar-refractivity contribution >= 4 is 0 Å². The van der Waals surface area contributed by atoms with Gasteiger partial charge in [-0.15, -0.1) is 0 Å². The van der Waals surface area contributed by atoms with Gasteiger partial charge in [-0.3, -0.25) is 9.67 Å². The van der Waals surface area contributed by atoms with E-state index in [9.17, 15) is 5.11 Å². The maximum atomic E-state index is 10.6. The van der Waals surface area contributed by atoms with E-state index in [2.05, 4.69) is 16.1 Å². The molecule has 18 heavy (non-hydrogen) atoms. The maximum absolute atomic E-state index is 10.6. The number of rotatable bonds is 2. The summed E-state index contributed by atoms with van der Waals surface area (Å²) in [5.74, 6) is 0.0935. The number of aliphatic hydroxyl groups excluding tert-OH is 1. The molecule has 94 valence electrons. The molecule has 4 nitrogen and oxygen atoms in total. The number of hydrogen-bond donors (Lipinski definition) is 1. The third-order valence-electron chi connectivity index (χ3n) is 3.72. The van der Waals surface area contributed by atoms with Crippen molar-refractivity contribution in [3.8, 4) is 0 Å². The second-order valence-electron chi connectivity index (χ2n) is 4.97. The van der Waals surface area contributed by atoms with Crippen molar-refractivity contribution < 1.29 is 5.11 Å². The molecule has 0 saturated carbocycles. The van der Waals surface area contributed by atoms with Gasteiger partial charge in [0.1, 0.15) is 6.10 Å². The monoisotopic (exact) mass is 243 g/mol. The van der Waals surface area contributed by atoms with Gasteiger partial charge in [-0.05, 0) is 37.5 Å². The highest BCUT2D eigenvalue weighted by atomic mass is 16.3. The fourth-order valence-electron chi connectivity index (χ4n) is 2.86. The topological polar surface area (TPSA) is 50.9 Å². The minimum Gasteiger partial charge on any atom is -0.386 e. The molecule has 0 aromatic carbocycles. The largest absolute Gasteiger partial charge is 0.386 e. The van der Waals surface area contributed by atoms with Gasteiger partial charge >= 0.3 is 0 Å². The molecule has 1 aliphatic carbocycles. The van der Waals surface area contributed by atoms with Crippen molar-refractivity contribution in [3.63, 3.8) is 0 Å². The van der Waals surface area contributed by atoms with E-state index in [4.69, 9.17) is 0 Å². The van der Waals surface area contributed by atoms with Crippen LogP contribution >= 0.6 is 0 Å². The number of aromatic nitrogens is 3. The number of aliphatic hydroxyl groups is 1. The van der Waals surface area contributed by atoms with E-state index < -0.39 is 6.10 Å². The fraction of sp³-hybridized carbons (Fsp3) is 0.429. The summed E-state index contributed by atoms with van der Waals surface area (Å²) in [6.07, 6.45) is 3.24. The van der Waals surface area contributed by atoms with Gasteiger partial charge in [0, 0.05) is 24.9 Å². The normalized spacial score (nSPS) is 19.8. The molecule has 2 atom stereocenters. The highest BCUT2D eigenvalue weighted by Gasteiger charge is 2.32. The molecule has 0 amide bonds. The van der Waals surface area contributed by atoms with Crippen LogP contribution in [0.2, 0.25) is 0 Å². The average Bonchev–Trinajstić information content (AvgIpc) is 2.92. The first-order valence-electron chi connectivity index (χ1n) is 6.29. The summed E-state index contributed by atoms with van der Waals surface area (Å²) < 4.78 is 1.76. The van der Waals surface area contributed by atoms with Gasteiger partial charge in [0.05, 0.1) is 11.4 Å². The standard InChI is InChI=1S/C14H17N3O/c1-9-8-12(17(2)16-9)14(18)11-6-5-10-4-3-7-15-13(10)11/h3-4,7-8,11,14,18H,5-6H2,1-2H3. The Bertz CT molecular complexity index is 576. The van der Waals surface area contributed by atoms with Gasteiger partial charge in [-0.1, -0.05) is 6.07 Å². The summed E-state index contributed by atoms with van der Waals surface area (Å²) in [7, 11) is 1.87. The Kier molecular flexibility index (Phi) is 2.67. The predicted molar refractivity (Wildman–Crippen MR) is 68.2 cm³/mol. The lowest BCUT2D eigenvalue weighted by Crippen LogP contribution is -2.13. The van der Waals surface area contributed by atoms with E-state index in [1.54, 1.807) is 10.9 Å². The number of aryl methyl sites for hydroxylation is 3. The van der Waals surface area contributed by atoms with Gasteiger partial charge in [-0.25, -0.2) is 0 Å². The first-order valence-corrected chi connectivity index (χ1v) is 6.29. The molecule has 0 radical (unpaired) electrons. The summed E-state index contributed by atoms with van der Waals surface area (Å²) in [4.78, 5) is 4.43. The van der Waals surface area contributed by atoms with Gasteiger partial charge in [0.25, 0.3) is 0 Å². The van der Waals surface area contributed by atoms with E-state index in [1.165, 1.54) is 5.56 Å². The molecule has 0 aliphatic heterocycles. The molecule has 3 rings (SSSR count). The van der Waals surface area contributed by atoms with Crippen LogP contribution in [0.1, 0.15) is 41.1 Å². The van der Waals surface area contributed by atoms with Crippen LogP contribution in [-0.4, -0.2) is 19.9 Å². The molecule has 0 fully saturated rings. The van der Waals surface area contributed by atoms with Crippen molar-refractivity contribution in [2.24, 2.45) is 7.05 Å². The lowest BCUT2D eigenvalue weighted by atomic mass is 9.97. The van der Waals surface area contributed by atoms with Crippen molar-refractivity contribution in [1.82, 2.24) is 14.8 Å². The molecule has 2 unspecified atom stereocenters. The second-order valence-corrected chi connectivity index (χ2v) is 4.97. The Hall–Kier alpha value is -1.68. The van der Waals surface area contributed by atoms with Gasteiger partial charge in [-0.2, -0.15) is 5.10 Å². The Morgan fingerprint density at radius 3 is 3.06 bits per heavy atom. The van der Waals surface area contributed by atoms with Crippen LogP contribution in [-0.2, 0) is 13.5 Å². The van der Waals surface area contributed by atoms with Crippen molar-refractivity contribution in [2.75, 3.05) is 0 Å². The summed E-state index contributed by atoms with van der Waals surface area (Å²) in [5.41, 5.74) is 4.12. The Labute approximate surface area is 106 Å². The Morgan fingerprint density at radius 2 is 2.33 bits per heavy atom. The third kappa shape index (κ3) is 1.73. The second kappa shape index (κ2) is 4.21. The summed E-state index contributed by atoms with van der Waals surface area (Å²) in [5, 5.41) is 14.9. The van der Waals surface area contributed by atoms with E-state index in [1.807, 2.05) is 26.1 Å². The van der Waals surface area contributed by atoms with E-state index in [0.717, 1.165) is 29.9 Å². The Morgan fingerprint density at radius 1 is 1.50 bits per heavy atom. The van der Waals surface area contributed by atoms with Crippen LogP contribution < -0.4 is 0 Å². The van der Waals surface area contributed by atoms with Crippen molar-refractivity contribution in [3.05, 3.63) is 47.0 Å². The van der Waals surface area contributed by atoms with Crippen LogP contribution in [0.25, 0.3) is 0 Å². The SMILES string of the molecule is Cc1cc(C(O)C2CCc3cccnc32)n(C)n1. The zero-order valence-corrected chi connectivity index (χ0v) is 10.7. The van der Waals surface area contributed by atoms with Gasteiger partial charge in [0.2, 0.25) is 0 Å². The average molecular weight is 243 g/mol. The fourth-order valence-corrected chi connectivity index (χ4v) is 2.86. The molecule has 1 aliphatic rings. The van der Waals surface area contributed by atoms with Crippen LogP contribution in [0.3, 0.4) is 0 Å². The molecular formula is C14H17N3O. The smallest absolute Gasteiger partial charge is 0.104 e. The summed E-state index contributed by atoms with van der Waals surface area (Å²) >= 11 is 0. The number of pyridine rings is 1. The minimum absolute atomic E-state index is 0.0935.